The number of rotatable bonds is 9. The second-order valence-electron chi connectivity index (χ2n) is 6.68. The fourth-order valence-corrected chi connectivity index (χ4v) is 3.45. The molecule has 27 heavy (non-hydrogen) atoms. The summed E-state index contributed by atoms with van der Waals surface area (Å²) in [7, 11) is 1.64. The molecule has 1 saturated heterocycles. The number of nitrogens with zero attached hydrogens (tertiary/aromatic N) is 2. The highest BCUT2D eigenvalue weighted by atomic mass is 16.5. The molecular formula is C22H28N2O3. The molecule has 5 heteroatoms. The molecule has 0 radical (unpaired) electrons. The molecule has 0 saturated carbocycles. The molecule has 1 amide bonds. The van der Waals surface area contributed by atoms with Gasteiger partial charge < -0.3 is 19.3 Å². The molecule has 2 aromatic carbocycles. The van der Waals surface area contributed by atoms with Crippen molar-refractivity contribution in [1.29, 1.82) is 0 Å². The lowest BCUT2D eigenvalue weighted by Crippen LogP contribution is -2.69. The molecule has 0 aliphatic carbocycles. The molecule has 0 aromatic heterocycles. The van der Waals surface area contributed by atoms with E-state index in [2.05, 4.69) is 18.7 Å². The maximum atomic E-state index is 12.9. The van der Waals surface area contributed by atoms with Gasteiger partial charge in [0.05, 0.1) is 19.8 Å². The molecule has 5 nitrogen and oxygen atoms in total. The number of β-lactam (4-membered cyclic amide) rings is 1. The summed E-state index contributed by atoms with van der Waals surface area (Å²) in [5.74, 6) is 0.803. The zero-order valence-corrected chi connectivity index (χ0v) is 16.3. The third kappa shape index (κ3) is 4.31. The third-order valence-corrected chi connectivity index (χ3v) is 5.12. The van der Waals surface area contributed by atoms with Gasteiger partial charge >= 0.3 is 0 Å². The summed E-state index contributed by atoms with van der Waals surface area (Å²) in [6.07, 6.45) is -0.409. The number of carbonyl (C=O) groups is 1. The van der Waals surface area contributed by atoms with Crippen molar-refractivity contribution in [2.24, 2.45) is 0 Å². The van der Waals surface area contributed by atoms with Gasteiger partial charge in [-0.3, -0.25) is 4.79 Å². The number of likely N-dealkylation sites (N-methyl/N-ethyl adjacent to an activating group) is 1. The zero-order chi connectivity index (χ0) is 19.2. The van der Waals surface area contributed by atoms with E-state index in [-0.39, 0.29) is 11.9 Å². The van der Waals surface area contributed by atoms with Crippen molar-refractivity contribution in [3.63, 3.8) is 0 Å². The molecule has 1 aliphatic rings. The van der Waals surface area contributed by atoms with E-state index in [1.807, 2.05) is 59.5 Å². The predicted molar refractivity (Wildman–Crippen MR) is 107 cm³/mol. The number of methoxy groups -OCH3 is 1. The summed E-state index contributed by atoms with van der Waals surface area (Å²) in [5, 5.41) is 0. The summed E-state index contributed by atoms with van der Waals surface area (Å²) in [6, 6.07) is 17.6. The highest BCUT2D eigenvalue weighted by molar-refractivity contribution is 6.05. The van der Waals surface area contributed by atoms with E-state index in [4.69, 9.17) is 9.47 Å². The van der Waals surface area contributed by atoms with Gasteiger partial charge in [0, 0.05) is 12.2 Å². The van der Waals surface area contributed by atoms with Gasteiger partial charge in [0.25, 0.3) is 5.91 Å². The Labute approximate surface area is 161 Å². The summed E-state index contributed by atoms with van der Waals surface area (Å²) in [5.41, 5.74) is 1.97. The Hall–Kier alpha value is -2.37. The Morgan fingerprint density at radius 1 is 1.00 bits per heavy atom. The van der Waals surface area contributed by atoms with Crippen LogP contribution in [0.15, 0.2) is 54.6 Å². The van der Waals surface area contributed by atoms with Crippen LogP contribution in [0.1, 0.15) is 19.4 Å². The van der Waals surface area contributed by atoms with Crippen LogP contribution in [-0.4, -0.2) is 49.7 Å². The molecule has 144 valence electrons. The minimum Gasteiger partial charge on any atom is -0.497 e. The first-order valence-electron chi connectivity index (χ1n) is 9.53. The van der Waals surface area contributed by atoms with Crippen LogP contribution >= 0.6 is 0 Å². The van der Waals surface area contributed by atoms with Gasteiger partial charge in [-0.1, -0.05) is 44.2 Å². The molecule has 2 aromatic rings. The van der Waals surface area contributed by atoms with Crippen molar-refractivity contribution in [3.05, 3.63) is 60.2 Å². The quantitative estimate of drug-likeness (QED) is 0.637. The standard InChI is InChI=1S/C22H28N2O3/c1-4-23(5-2)15-20-21(27-16-17-9-7-6-8-10-17)22(25)24(20)18-11-13-19(26-3)14-12-18/h6-14,20-21H,4-5,15-16H2,1-3H3/t20-,21+/m0/s1. The molecule has 0 N–H and O–H groups in total. The predicted octanol–water partition coefficient (Wildman–Crippen LogP) is 3.34. The first-order valence-corrected chi connectivity index (χ1v) is 9.53. The van der Waals surface area contributed by atoms with Crippen LogP contribution in [0.25, 0.3) is 0 Å². The molecule has 0 spiro atoms. The van der Waals surface area contributed by atoms with Gasteiger partial charge in [-0.2, -0.15) is 0 Å². The van der Waals surface area contributed by atoms with Crippen molar-refractivity contribution in [2.75, 3.05) is 31.6 Å². The molecule has 1 heterocycles. The van der Waals surface area contributed by atoms with Gasteiger partial charge in [0.1, 0.15) is 5.75 Å². The van der Waals surface area contributed by atoms with E-state index < -0.39 is 6.10 Å². The van der Waals surface area contributed by atoms with Crippen molar-refractivity contribution < 1.29 is 14.3 Å². The number of anilines is 1. The van der Waals surface area contributed by atoms with Gasteiger partial charge in [0.15, 0.2) is 6.10 Å². The van der Waals surface area contributed by atoms with Crippen molar-refractivity contribution in [1.82, 2.24) is 4.90 Å². The topological polar surface area (TPSA) is 42.0 Å². The monoisotopic (exact) mass is 368 g/mol. The average Bonchev–Trinajstić information content (AvgIpc) is 2.72. The van der Waals surface area contributed by atoms with E-state index in [0.29, 0.717) is 6.61 Å². The summed E-state index contributed by atoms with van der Waals surface area (Å²) in [4.78, 5) is 17.0. The van der Waals surface area contributed by atoms with Crippen LogP contribution in [0.2, 0.25) is 0 Å². The largest absolute Gasteiger partial charge is 0.497 e. The molecule has 0 bridgehead atoms. The smallest absolute Gasteiger partial charge is 0.258 e. The second-order valence-corrected chi connectivity index (χ2v) is 6.68. The van der Waals surface area contributed by atoms with Crippen LogP contribution in [0.4, 0.5) is 5.69 Å². The Bertz CT molecular complexity index is 729. The van der Waals surface area contributed by atoms with Crippen LogP contribution < -0.4 is 9.64 Å². The van der Waals surface area contributed by atoms with Gasteiger partial charge in [-0.25, -0.2) is 0 Å². The molecule has 2 atom stereocenters. The van der Waals surface area contributed by atoms with E-state index in [1.165, 1.54) is 0 Å². The summed E-state index contributed by atoms with van der Waals surface area (Å²) in [6.45, 7) is 7.42. The molecule has 1 aliphatic heterocycles. The molecule has 0 unspecified atom stereocenters. The van der Waals surface area contributed by atoms with Crippen LogP contribution in [0, 0.1) is 0 Å². The minimum atomic E-state index is -0.409. The number of amides is 1. The maximum Gasteiger partial charge on any atom is 0.258 e. The Morgan fingerprint density at radius 2 is 1.67 bits per heavy atom. The Balaban J connectivity index is 1.75. The van der Waals surface area contributed by atoms with Gasteiger partial charge in [0.2, 0.25) is 0 Å². The first-order chi connectivity index (χ1) is 13.2. The highest BCUT2D eigenvalue weighted by Crippen LogP contribution is 2.32. The fraction of sp³-hybridized carbons (Fsp3) is 0.409. The van der Waals surface area contributed by atoms with Crippen molar-refractivity contribution in [3.8, 4) is 5.75 Å². The van der Waals surface area contributed by atoms with Crippen molar-refractivity contribution in [2.45, 2.75) is 32.6 Å². The zero-order valence-electron chi connectivity index (χ0n) is 16.3. The lowest BCUT2D eigenvalue weighted by molar-refractivity contribution is -0.144. The lowest BCUT2D eigenvalue weighted by Gasteiger charge is -2.48. The van der Waals surface area contributed by atoms with Crippen molar-refractivity contribution >= 4 is 11.6 Å². The second kappa shape index (κ2) is 9.02. The van der Waals surface area contributed by atoms with Gasteiger partial charge in [-0.15, -0.1) is 0 Å². The summed E-state index contributed by atoms with van der Waals surface area (Å²) < 4.78 is 11.3. The SMILES string of the molecule is CCN(CC)C[C@H]1[C@@H](OCc2ccccc2)C(=O)N1c1ccc(OC)cc1. The fourth-order valence-electron chi connectivity index (χ4n) is 3.45. The molecule has 1 fully saturated rings. The van der Waals surface area contributed by atoms with Crippen LogP contribution in [-0.2, 0) is 16.1 Å². The normalized spacial score (nSPS) is 19.3. The third-order valence-electron chi connectivity index (χ3n) is 5.12. The Kier molecular flexibility index (Phi) is 6.48. The van der Waals surface area contributed by atoms with Gasteiger partial charge in [-0.05, 0) is 42.9 Å². The number of carbonyl (C=O) groups excluding carboxylic acids is 1. The Morgan fingerprint density at radius 3 is 2.26 bits per heavy atom. The molecule has 3 rings (SSSR count). The summed E-state index contributed by atoms with van der Waals surface area (Å²) >= 11 is 0. The molecular weight excluding hydrogens is 340 g/mol. The van der Waals surface area contributed by atoms with Crippen LogP contribution in [0.3, 0.4) is 0 Å². The van der Waals surface area contributed by atoms with E-state index in [0.717, 1.165) is 36.6 Å². The van der Waals surface area contributed by atoms with E-state index >= 15 is 0 Å². The number of hydrogen-bond donors (Lipinski definition) is 0. The van der Waals surface area contributed by atoms with E-state index in [1.54, 1.807) is 7.11 Å². The highest BCUT2D eigenvalue weighted by Gasteiger charge is 2.49. The lowest BCUT2D eigenvalue weighted by atomic mass is 9.95. The van der Waals surface area contributed by atoms with Crippen LogP contribution in [0.5, 0.6) is 5.75 Å². The van der Waals surface area contributed by atoms with E-state index in [9.17, 15) is 4.79 Å². The number of hydrogen-bond acceptors (Lipinski definition) is 4. The maximum absolute atomic E-state index is 12.9. The number of ether oxygens (including phenoxy) is 2. The number of benzene rings is 2. The average molecular weight is 368 g/mol. The first kappa shape index (κ1) is 19.4. The minimum absolute atomic E-state index is 0.00880.